The average molecular weight is 285 g/mol. The molecule has 18 heavy (non-hydrogen) atoms. The molecule has 0 amide bonds. The van der Waals surface area contributed by atoms with E-state index in [4.69, 9.17) is 11.6 Å². The molecule has 4 heteroatoms. The van der Waals surface area contributed by atoms with Gasteiger partial charge in [0.15, 0.2) is 0 Å². The molecule has 0 saturated carbocycles. The first-order valence-corrected chi connectivity index (χ1v) is 6.87. The van der Waals surface area contributed by atoms with E-state index in [1.54, 1.807) is 19.1 Å². The fourth-order valence-electron chi connectivity index (χ4n) is 2.05. The number of hydrogen-bond acceptors (Lipinski definition) is 2. The van der Waals surface area contributed by atoms with Gasteiger partial charge in [-0.25, -0.2) is 4.39 Å². The van der Waals surface area contributed by atoms with E-state index in [0.29, 0.717) is 10.6 Å². The van der Waals surface area contributed by atoms with Crippen LogP contribution in [0.5, 0.6) is 0 Å². The molecule has 1 nitrogen and oxygen atoms in total. The van der Waals surface area contributed by atoms with Crippen molar-refractivity contribution in [2.45, 2.75) is 25.9 Å². The summed E-state index contributed by atoms with van der Waals surface area (Å²) in [5, 5.41) is 12.8. The number of halogens is 2. The highest BCUT2D eigenvalue weighted by Crippen LogP contribution is 2.34. The predicted octanol–water partition coefficient (Wildman–Crippen LogP) is 4.30. The van der Waals surface area contributed by atoms with Crippen molar-refractivity contribution in [1.82, 2.24) is 0 Å². The Balaban J connectivity index is 2.36. The van der Waals surface area contributed by atoms with Gasteiger partial charge in [0.25, 0.3) is 0 Å². The molecule has 1 aromatic carbocycles. The molecule has 1 heterocycles. The first-order valence-electron chi connectivity index (χ1n) is 5.61. The van der Waals surface area contributed by atoms with Crippen molar-refractivity contribution >= 4 is 22.9 Å². The molecule has 2 aromatic rings. The van der Waals surface area contributed by atoms with E-state index in [0.717, 1.165) is 10.4 Å². The highest BCUT2D eigenvalue weighted by Gasteiger charge is 2.28. The fourth-order valence-corrected chi connectivity index (χ4v) is 3.27. The Labute approximate surface area is 115 Å². The van der Waals surface area contributed by atoms with Crippen LogP contribution in [-0.2, 0) is 12.0 Å². The van der Waals surface area contributed by atoms with Crippen LogP contribution >= 0.6 is 22.9 Å². The van der Waals surface area contributed by atoms with Crippen molar-refractivity contribution in [2.75, 3.05) is 0 Å². The highest BCUT2D eigenvalue weighted by atomic mass is 35.5. The van der Waals surface area contributed by atoms with E-state index in [-0.39, 0.29) is 12.2 Å². The molecule has 0 saturated heterocycles. The second-order valence-electron chi connectivity index (χ2n) is 4.58. The summed E-state index contributed by atoms with van der Waals surface area (Å²) in [5.41, 5.74) is 0.263. The largest absolute Gasteiger partial charge is 0.384 e. The van der Waals surface area contributed by atoms with Gasteiger partial charge in [-0.2, -0.15) is 0 Å². The zero-order valence-electron chi connectivity index (χ0n) is 10.2. The first kappa shape index (κ1) is 13.5. The van der Waals surface area contributed by atoms with E-state index in [9.17, 15) is 9.50 Å². The number of hydrogen-bond donors (Lipinski definition) is 1. The summed E-state index contributed by atoms with van der Waals surface area (Å²) >= 11 is 7.46. The van der Waals surface area contributed by atoms with Crippen LogP contribution in [-0.4, -0.2) is 5.11 Å². The van der Waals surface area contributed by atoms with Gasteiger partial charge in [-0.3, -0.25) is 0 Å². The van der Waals surface area contributed by atoms with Gasteiger partial charge in [-0.15, -0.1) is 11.3 Å². The Kier molecular flexibility index (Phi) is 3.76. The van der Waals surface area contributed by atoms with Crippen molar-refractivity contribution in [3.8, 4) is 0 Å². The molecule has 0 aliphatic heterocycles. The molecule has 0 aliphatic rings. The van der Waals surface area contributed by atoms with Crippen LogP contribution in [0.25, 0.3) is 0 Å². The van der Waals surface area contributed by atoms with E-state index >= 15 is 0 Å². The van der Waals surface area contributed by atoms with Crippen LogP contribution in [0, 0.1) is 12.7 Å². The lowest BCUT2D eigenvalue weighted by atomic mass is 9.93. The van der Waals surface area contributed by atoms with E-state index < -0.39 is 5.60 Å². The maximum Gasteiger partial charge on any atom is 0.128 e. The average Bonchev–Trinajstić information content (AvgIpc) is 2.71. The topological polar surface area (TPSA) is 20.2 Å². The summed E-state index contributed by atoms with van der Waals surface area (Å²) in [7, 11) is 0. The van der Waals surface area contributed by atoms with Crippen LogP contribution in [0.4, 0.5) is 4.39 Å². The second kappa shape index (κ2) is 5.00. The molecule has 1 atom stereocenters. The highest BCUT2D eigenvalue weighted by molar-refractivity contribution is 7.10. The van der Waals surface area contributed by atoms with Gasteiger partial charge in [0.2, 0.25) is 0 Å². The maximum atomic E-state index is 13.7. The Morgan fingerprint density at radius 1 is 1.39 bits per heavy atom. The van der Waals surface area contributed by atoms with Gasteiger partial charge in [0.05, 0.1) is 0 Å². The molecule has 0 radical (unpaired) electrons. The molecule has 1 aromatic heterocycles. The number of rotatable bonds is 3. The minimum absolute atomic E-state index is 0.167. The van der Waals surface area contributed by atoms with E-state index in [1.165, 1.54) is 17.4 Å². The molecular formula is C14H14ClFOS. The smallest absolute Gasteiger partial charge is 0.128 e. The normalized spacial score (nSPS) is 14.5. The zero-order chi connectivity index (χ0) is 13.3. The zero-order valence-corrected chi connectivity index (χ0v) is 11.8. The van der Waals surface area contributed by atoms with E-state index in [2.05, 4.69) is 0 Å². The summed E-state index contributed by atoms with van der Waals surface area (Å²) < 4.78 is 13.7. The van der Waals surface area contributed by atoms with Crippen molar-refractivity contribution in [3.63, 3.8) is 0 Å². The molecular weight excluding hydrogens is 271 g/mol. The van der Waals surface area contributed by atoms with E-state index in [1.807, 2.05) is 18.4 Å². The van der Waals surface area contributed by atoms with Crippen molar-refractivity contribution in [1.29, 1.82) is 0 Å². The van der Waals surface area contributed by atoms with Gasteiger partial charge in [-0.1, -0.05) is 17.7 Å². The predicted molar refractivity (Wildman–Crippen MR) is 73.7 cm³/mol. The molecule has 1 unspecified atom stereocenters. The number of aryl methyl sites for hydroxylation is 1. The Hall–Kier alpha value is -0.900. The summed E-state index contributed by atoms with van der Waals surface area (Å²) in [4.78, 5) is 0.849. The lowest BCUT2D eigenvalue weighted by Crippen LogP contribution is -2.24. The molecule has 0 fully saturated rings. The van der Waals surface area contributed by atoms with Crippen LogP contribution in [0.15, 0.2) is 29.6 Å². The third-order valence-electron chi connectivity index (χ3n) is 2.93. The second-order valence-corrected chi connectivity index (χ2v) is 5.91. The lowest BCUT2D eigenvalue weighted by Gasteiger charge is -2.24. The Morgan fingerprint density at radius 3 is 2.67 bits per heavy atom. The number of thiophene rings is 1. The van der Waals surface area contributed by atoms with Gasteiger partial charge in [0.1, 0.15) is 11.4 Å². The summed E-state index contributed by atoms with van der Waals surface area (Å²) in [6.45, 7) is 3.62. The molecule has 1 N–H and O–H groups in total. The standard InChI is InChI=1S/C14H14ClFOS/c1-9-6-7-18-13(9)14(2,17)8-10-11(15)4-3-5-12(10)16/h3-7,17H,8H2,1-2H3. The molecule has 0 aliphatic carbocycles. The minimum Gasteiger partial charge on any atom is -0.384 e. The first-order chi connectivity index (χ1) is 8.42. The minimum atomic E-state index is -1.11. The van der Waals surface area contributed by atoms with Crippen LogP contribution in [0.3, 0.4) is 0 Å². The molecule has 0 spiro atoms. The lowest BCUT2D eigenvalue weighted by molar-refractivity contribution is 0.0600. The Bertz CT molecular complexity index is 542. The number of aliphatic hydroxyl groups is 1. The van der Waals surface area contributed by atoms with Gasteiger partial charge in [0, 0.05) is 21.9 Å². The van der Waals surface area contributed by atoms with Crippen LogP contribution in [0.1, 0.15) is 22.9 Å². The quantitative estimate of drug-likeness (QED) is 0.891. The third kappa shape index (κ3) is 2.58. The molecule has 0 bridgehead atoms. The van der Waals surface area contributed by atoms with Crippen LogP contribution in [0.2, 0.25) is 5.02 Å². The van der Waals surface area contributed by atoms with Crippen molar-refractivity contribution < 1.29 is 9.50 Å². The fraction of sp³-hybridized carbons (Fsp3) is 0.286. The molecule has 96 valence electrons. The number of benzene rings is 1. The summed E-state index contributed by atoms with van der Waals surface area (Å²) in [6.07, 6.45) is 0.167. The third-order valence-corrected chi connectivity index (χ3v) is 4.56. The van der Waals surface area contributed by atoms with Crippen molar-refractivity contribution in [3.05, 3.63) is 56.5 Å². The summed E-state index contributed by atoms with van der Waals surface area (Å²) in [5.74, 6) is -0.378. The Morgan fingerprint density at radius 2 is 2.11 bits per heavy atom. The molecule has 2 rings (SSSR count). The van der Waals surface area contributed by atoms with Crippen molar-refractivity contribution in [2.24, 2.45) is 0 Å². The SMILES string of the molecule is Cc1ccsc1C(C)(O)Cc1c(F)cccc1Cl. The summed E-state index contributed by atoms with van der Waals surface area (Å²) in [6, 6.07) is 6.50. The van der Waals surface area contributed by atoms with Gasteiger partial charge in [-0.05, 0) is 43.0 Å². The van der Waals surface area contributed by atoms with Crippen LogP contribution < -0.4 is 0 Å². The monoisotopic (exact) mass is 284 g/mol. The van der Waals surface area contributed by atoms with Gasteiger partial charge < -0.3 is 5.11 Å². The maximum absolute atomic E-state index is 13.7. The van der Waals surface area contributed by atoms with Gasteiger partial charge >= 0.3 is 0 Å².